The molecule has 8 atom stereocenters. The Bertz CT molecular complexity index is 2000. The van der Waals surface area contributed by atoms with Gasteiger partial charge in [0.1, 0.15) is 60.3 Å². The third-order valence-electron chi connectivity index (χ3n) is 6.36. The van der Waals surface area contributed by atoms with E-state index in [9.17, 15) is 20.4 Å². The van der Waals surface area contributed by atoms with Crippen LogP contribution in [0.2, 0.25) is 0 Å². The molecule has 0 bridgehead atoms. The largest absolute Gasteiger partial charge is 1.00 e. The van der Waals surface area contributed by atoms with E-state index in [1.165, 1.54) is 34.4 Å². The predicted octanol–water partition coefficient (Wildman–Crippen LogP) is -12.2. The SMILES string of the molecule is Nc1ncnc2c1ncn2[C@@H]1O[C@H](CO)[C@@H](O)[C@H]1O.Nc1ncnc2c1ncn2[C@@H]1O[C@H](CO)[C@@H](O)[C@H]1O.O=P(O)(O)O.O=P(O)(O)O.O=P(O)(O)O.O=P(O)(O)O.O=P([O-])(O)O.[Li+]. The molecule has 0 unspecified atom stereocenters. The van der Waals surface area contributed by atoms with Gasteiger partial charge in [-0.25, -0.2) is 48.2 Å². The van der Waals surface area contributed by atoms with Crippen LogP contribution < -0.4 is 35.2 Å². The maximum atomic E-state index is 9.95. The summed E-state index contributed by atoms with van der Waals surface area (Å²) in [5.74, 6) is 0.436. The van der Waals surface area contributed by atoms with E-state index in [1.54, 1.807) is 0 Å². The first-order valence-electron chi connectivity index (χ1n) is 15.3. The smallest absolute Gasteiger partial charge is 0.756 e. The van der Waals surface area contributed by atoms with E-state index in [1.807, 2.05) is 0 Å². The van der Waals surface area contributed by atoms with Crippen LogP contribution in [0.25, 0.3) is 22.3 Å². The molecule has 64 heavy (non-hydrogen) atoms. The molecular weight excluding hydrogens is 990 g/mol. The molecular formula is C20H40LiN10O28P5. The number of aliphatic hydroxyl groups is 6. The number of hydrogen-bond donors (Lipinski definition) is 22. The van der Waals surface area contributed by atoms with Crippen LogP contribution >= 0.6 is 39.1 Å². The molecule has 38 nitrogen and oxygen atoms in total. The molecule has 6 heterocycles. The van der Waals surface area contributed by atoms with Crippen LogP contribution in [0, 0.1) is 0 Å². The molecule has 0 spiro atoms. The number of nitrogens with two attached hydrogens (primary N) is 2. The van der Waals surface area contributed by atoms with Gasteiger partial charge < -0.3 is 125 Å². The third kappa shape index (κ3) is 26.6. The van der Waals surface area contributed by atoms with Crippen molar-refractivity contribution < 1.29 is 155 Å². The quantitative estimate of drug-likeness (QED) is 0.0667. The summed E-state index contributed by atoms with van der Waals surface area (Å²) < 4.78 is 58.0. The molecule has 2 fully saturated rings. The second-order valence-corrected chi connectivity index (χ2v) is 16.3. The molecule has 2 aliphatic heterocycles. The van der Waals surface area contributed by atoms with Crippen molar-refractivity contribution in [3.05, 3.63) is 25.3 Å². The van der Waals surface area contributed by atoms with Crippen LogP contribution in [0.1, 0.15) is 12.5 Å². The number of fused-ring (bicyclic) bond motifs is 2. The zero-order chi connectivity index (χ0) is 49.6. The van der Waals surface area contributed by atoms with Crippen molar-refractivity contribution in [2.75, 3.05) is 24.7 Å². The summed E-state index contributed by atoms with van der Waals surface area (Å²) in [6.45, 7) is -0.781. The maximum absolute atomic E-state index is 9.95. The summed E-state index contributed by atoms with van der Waals surface area (Å²) in [5.41, 5.74) is 12.9. The Morgan fingerprint density at radius 2 is 0.750 bits per heavy atom. The Hall–Kier alpha value is -2.47. The molecule has 0 radical (unpaired) electrons. The van der Waals surface area contributed by atoms with Gasteiger partial charge >= 0.3 is 50.2 Å². The monoisotopic (exact) mass is 1030 g/mol. The first kappa shape index (κ1) is 63.6. The van der Waals surface area contributed by atoms with Gasteiger partial charge in [0.05, 0.1) is 25.9 Å². The molecule has 2 saturated heterocycles. The molecule has 0 amide bonds. The number of phosphoric acid groups is 5. The average Bonchev–Trinajstić information content (AvgIpc) is 3.83. The molecule has 0 aromatic carbocycles. The third-order valence-corrected chi connectivity index (χ3v) is 6.36. The zero-order valence-electron chi connectivity index (χ0n) is 31.5. The maximum Gasteiger partial charge on any atom is 1.00 e. The van der Waals surface area contributed by atoms with E-state index < -0.39 is 101 Å². The zero-order valence-corrected chi connectivity index (χ0v) is 36.0. The van der Waals surface area contributed by atoms with E-state index in [0.29, 0.717) is 22.3 Å². The second-order valence-electron chi connectivity index (χ2n) is 11.2. The summed E-state index contributed by atoms with van der Waals surface area (Å²) >= 11 is 0. The van der Waals surface area contributed by atoms with E-state index in [4.69, 9.17) is 127 Å². The topological polar surface area (TPSA) is 671 Å². The van der Waals surface area contributed by atoms with Crippen LogP contribution in [0.5, 0.6) is 0 Å². The first-order chi connectivity index (χ1) is 28.3. The summed E-state index contributed by atoms with van der Waals surface area (Å²) in [4.78, 5) is 133. The molecule has 0 saturated carbocycles. The minimum absolute atomic E-state index is 0. The van der Waals surface area contributed by atoms with E-state index in [2.05, 4.69) is 29.9 Å². The minimum atomic E-state index is -4.89. The number of nitrogen functional groups attached to an aromatic ring is 2. The molecule has 4 aromatic rings. The fourth-order valence-electron chi connectivity index (χ4n) is 4.33. The van der Waals surface area contributed by atoms with Crippen molar-refractivity contribution in [2.45, 2.75) is 49.1 Å². The Morgan fingerprint density at radius 1 is 0.516 bits per heavy atom. The van der Waals surface area contributed by atoms with Gasteiger partial charge in [-0.05, 0) is 0 Å². The average molecular weight is 1030 g/mol. The van der Waals surface area contributed by atoms with Gasteiger partial charge in [0.2, 0.25) is 0 Å². The molecule has 44 heteroatoms. The Kier molecular flexibility index (Phi) is 26.6. The van der Waals surface area contributed by atoms with E-state index >= 15 is 0 Å². The van der Waals surface area contributed by atoms with Crippen LogP contribution in [-0.4, -0.2) is 188 Å². The Balaban J connectivity index is 0. The molecule has 24 N–H and O–H groups in total. The number of ether oxygens (including phenoxy) is 2. The van der Waals surface area contributed by atoms with Gasteiger partial charge in [0, 0.05) is 0 Å². The first-order valence-corrected chi connectivity index (χ1v) is 23.1. The number of anilines is 2. The Labute approximate surface area is 365 Å². The molecule has 4 aromatic heterocycles. The van der Waals surface area contributed by atoms with Gasteiger partial charge in [-0.2, -0.15) is 0 Å². The Morgan fingerprint density at radius 3 is 0.953 bits per heavy atom. The van der Waals surface area contributed by atoms with Crippen molar-refractivity contribution in [1.29, 1.82) is 0 Å². The fraction of sp³-hybridized carbons (Fsp3) is 0.500. The summed E-state index contributed by atoms with van der Waals surface area (Å²) in [7, 11) is -23.4. The second kappa shape index (κ2) is 26.8. The number of hydrogen-bond acceptors (Lipinski definition) is 22. The van der Waals surface area contributed by atoms with Crippen molar-refractivity contribution in [3.8, 4) is 0 Å². The fourth-order valence-corrected chi connectivity index (χ4v) is 4.33. The molecule has 364 valence electrons. The van der Waals surface area contributed by atoms with E-state index in [0.717, 1.165) is 0 Å². The van der Waals surface area contributed by atoms with Crippen LogP contribution in [0.4, 0.5) is 11.6 Å². The summed E-state index contributed by atoms with van der Waals surface area (Å²) in [6, 6.07) is 0. The number of rotatable bonds is 4. The molecule has 0 aliphatic carbocycles. The van der Waals surface area contributed by atoms with Gasteiger partial charge in [-0.1, -0.05) is 0 Å². The molecule has 2 aliphatic rings. The van der Waals surface area contributed by atoms with Gasteiger partial charge in [-0.15, -0.1) is 0 Å². The van der Waals surface area contributed by atoms with Crippen molar-refractivity contribution in [3.63, 3.8) is 0 Å². The van der Waals surface area contributed by atoms with Crippen LogP contribution in [0.15, 0.2) is 25.3 Å². The van der Waals surface area contributed by atoms with Crippen LogP contribution in [-0.2, 0) is 32.3 Å². The van der Waals surface area contributed by atoms with Gasteiger partial charge in [-0.3, -0.25) is 13.7 Å². The van der Waals surface area contributed by atoms with Crippen molar-refractivity contribution in [1.82, 2.24) is 39.0 Å². The summed E-state index contributed by atoms with van der Waals surface area (Å²) in [5, 5.41) is 57.5. The standard InChI is InChI=1S/2C10H13N5O4.Li.5H3O4P/c2*11-8-5-9(13-2-12-8)15(3-14-5)10-7(18)6(17)4(1-16)19-10;;5*1-5(2,3)4/h2*2-4,6-7,10,16-18H,1H2,(H2,11,12,13);;5*(H3,1,2,3,4)/q;;+1;;;;;/p-1/t2*4-,6-,7-,10-;;;;;;/m11....../s1. The van der Waals surface area contributed by atoms with Crippen LogP contribution in [0.3, 0.4) is 0 Å². The van der Waals surface area contributed by atoms with Crippen molar-refractivity contribution >= 4 is 73.1 Å². The predicted molar refractivity (Wildman–Crippen MR) is 195 cm³/mol. The number of aliphatic hydroxyl groups excluding tert-OH is 6. The number of imidazole rings is 2. The molecule has 6 rings (SSSR count). The normalized spacial score (nSPS) is 23.1. The van der Waals surface area contributed by atoms with Gasteiger partial charge in [0.25, 0.3) is 7.82 Å². The van der Waals surface area contributed by atoms with Gasteiger partial charge in [0.15, 0.2) is 35.4 Å². The van der Waals surface area contributed by atoms with Crippen molar-refractivity contribution in [2.24, 2.45) is 0 Å². The number of nitrogens with zero attached hydrogens (tertiary/aromatic N) is 8. The number of aromatic nitrogens is 8. The minimum Gasteiger partial charge on any atom is -0.756 e. The van der Waals surface area contributed by atoms with E-state index in [-0.39, 0.29) is 30.5 Å². The summed E-state index contributed by atoms with van der Waals surface area (Å²) in [6.07, 6.45) is -2.85.